The molecule has 5 rings (SSSR count). The van der Waals surface area contributed by atoms with Crippen LogP contribution in [0.1, 0.15) is 22.7 Å². The lowest BCUT2D eigenvalue weighted by molar-refractivity contribution is -0.146. The van der Waals surface area contributed by atoms with E-state index in [1.165, 1.54) is 7.11 Å². The molecule has 0 spiro atoms. The highest BCUT2D eigenvalue weighted by atomic mass is 79.9. The second kappa shape index (κ2) is 10.0. The average molecular weight is 539 g/mol. The third-order valence-electron chi connectivity index (χ3n) is 6.76. The molecule has 5 aromatic rings. The van der Waals surface area contributed by atoms with Crippen LogP contribution < -0.4 is 5.32 Å². The second-order valence-electron chi connectivity index (χ2n) is 8.83. The summed E-state index contributed by atoms with van der Waals surface area (Å²) >= 11 is 3.65. The summed E-state index contributed by atoms with van der Waals surface area (Å²) in [6.07, 6.45) is 2.06. The van der Waals surface area contributed by atoms with Crippen molar-refractivity contribution in [2.24, 2.45) is 7.05 Å². The van der Waals surface area contributed by atoms with Gasteiger partial charge in [-0.3, -0.25) is 4.79 Å². The third-order valence-corrected chi connectivity index (χ3v) is 7.25. The molecule has 1 aromatic heterocycles. The minimum Gasteiger partial charge on any atom is -0.468 e. The molecule has 1 N–H and O–H groups in total. The third kappa shape index (κ3) is 4.10. The smallest absolute Gasteiger partial charge is 0.323 e. The molecule has 2 unspecified atom stereocenters. The number of ether oxygens (including phenoxy) is 1. The van der Waals surface area contributed by atoms with E-state index in [2.05, 4.69) is 56.3 Å². The number of rotatable bonds is 7. The largest absolute Gasteiger partial charge is 0.468 e. The molecule has 0 radical (unpaired) electrons. The van der Waals surface area contributed by atoms with Gasteiger partial charge in [0.05, 0.1) is 13.2 Å². The van der Waals surface area contributed by atoms with E-state index in [1.54, 1.807) is 0 Å². The molecule has 0 bridgehead atoms. The number of hydrogen-bond donors (Lipinski definition) is 1. The van der Waals surface area contributed by atoms with E-state index in [0.29, 0.717) is 0 Å². The zero-order chi connectivity index (χ0) is 25.1. The average Bonchev–Trinajstić information content (AvgIpc) is 3.26. The van der Waals surface area contributed by atoms with Crippen LogP contribution >= 0.6 is 15.9 Å². The normalized spacial score (nSPS) is 13.6. The molecule has 1 heterocycles. The number of methoxy groups -OCH3 is 1. The Morgan fingerprint density at radius 2 is 1.56 bits per heavy atom. The minimum absolute atomic E-state index is 0.335. The molecule has 5 heteroatoms. The second-order valence-corrected chi connectivity index (χ2v) is 9.75. The van der Waals surface area contributed by atoms with Crippen molar-refractivity contribution in [3.63, 3.8) is 0 Å². The Morgan fingerprint density at radius 1 is 0.889 bits per heavy atom. The summed E-state index contributed by atoms with van der Waals surface area (Å²) in [7, 11) is 3.48. The summed E-state index contributed by atoms with van der Waals surface area (Å²) in [4.78, 5) is 14.3. The van der Waals surface area contributed by atoms with E-state index in [-0.39, 0.29) is 5.97 Å². The van der Waals surface area contributed by atoms with Crippen molar-refractivity contribution < 1.29 is 9.53 Å². The van der Waals surface area contributed by atoms with Crippen molar-refractivity contribution >= 4 is 38.5 Å². The predicted octanol–water partition coefficient (Wildman–Crippen LogP) is 7.25. The molecular formula is C31H27BrN2O2. The Hall–Kier alpha value is -3.83. The molecule has 0 saturated carbocycles. The molecule has 0 amide bonds. The number of anilines is 1. The van der Waals surface area contributed by atoms with Crippen molar-refractivity contribution in [3.8, 4) is 0 Å². The van der Waals surface area contributed by atoms with Crippen LogP contribution in [0.25, 0.3) is 10.9 Å². The highest BCUT2D eigenvalue weighted by Crippen LogP contribution is 2.49. The van der Waals surface area contributed by atoms with E-state index in [9.17, 15) is 4.79 Å². The fourth-order valence-corrected chi connectivity index (χ4v) is 5.59. The van der Waals surface area contributed by atoms with E-state index >= 15 is 0 Å². The molecule has 0 saturated heterocycles. The quantitative estimate of drug-likeness (QED) is 0.222. The molecule has 4 nitrogen and oxygen atoms in total. The first-order chi connectivity index (χ1) is 17.6. The first-order valence-electron chi connectivity index (χ1n) is 11.8. The van der Waals surface area contributed by atoms with Gasteiger partial charge in [0, 0.05) is 39.9 Å². The van der Waals surface area contributed by atoms with Gasteiger partial charge in [0.25, 0.3) is 0 Å². The molecule has 0 aliphatic heterocycles. The summed E-state index contributed by atoms with van der Waals surface area (Å²) in [6.45, 7) is 0. The van der Waals surface area contributed by atoms with Crippen LogP contribution in [0.5, 0.6) is 0 Å². The van der Waals surface area contributed by atoms with Gasteiger partial charge in [-0.25, -0.2) is 0 Å². The van der Waals surface area contributed by atoms with Gasteiger partial charge in [-0.05, 0) is 41.5 Å². The van der Waals surface area contributed by atoms with Crippen molar-refractivity contribution in [2.75, 3.05) is 12.4 Å². The Labute approximate surface area is 219 Å². The number of fused-ring (bicyclic) bond motifs is 1. The number of carbonyl (C=O) groups is 1. The number of aromatic nitrogens is 1. The number of aryl methyl sites for hydroxylation is 1. The molecule has 0 fully saturated rings. The van der Waals surface area contributed by atoms with Gasteiger partial charge in [-0.15, -0.1) is 0 Å². The van der Waals surface area contributed by atoms with Crippen LogP contribution in [0, 0.1) is 0 Å². The van der Waals surface area contributed by atoms with Crippen LogP contribution in [0.15, 0.2) is 120 Å². The molecule has 36 heavy (non-hydrogen) atoms. The van der Waals surface area contributed by atoms with Gasteiger partial charge in [-0.1, -0.05) is 94.8 Å². The maximum absolute atomic E-state index is 14.3. The molecule has 2 atom stereocenters. The Balaban J connectivity index is 1.91. The van der Waals surface area contributed by atoms with Crippen molar-refractivity contribution in [1.29, 1.82) is 0 Å². The molecule has 180 valence electrons. The lowest BCUT2D eigenvalue weighted by Crippen LogP contribution is -2.46. The predicted molar refractivity (Wildman–Crippen MR) is 149 cm³/mol. The number of halogens is 1. The van der Waals surface area contributed by atoms with E-state index < -0.39 is 11.5 Å². The van der Waals surface area contributed by atoms with Crippen molar-refractivity contribution in [3.05, 3.63) is 137 Å². The maximum Gasteiger partial charge on any atom is 0.323 e. The van der Waals surface area contributed by atoms with Gasteiger partial charge in [-0.2, -0.15) is 0 Å². The van der Waals surface area contributed by atoms with Gasteiger partial charge >= 0.3 is 5.97 Å². The number of nitrogens with zero attached hydrogens (tertiary/aromatic N) is 1. The first kappa shape index (κ1) is 23.9. The van der Waals surface area contributed by atoms with Gasteiger partial charge in [0.2, 0.25) is 0 Å². The Kier molecular flexibility index (Phi) is 6.66. The fourth-order valence-electron chi connectivity index (χ4n) is 5.17. The van der Waals surface area contributed by atoms with Gasteiger partial charge in [0.1, 0.15) is 5.41 Å². The van der Waals surface area contributed by atoms with Crippen LogP contribution in [-0.2, 0) is 22.0 Å². The topological polar surface area (TPSA) is 43.3 Å². The Bertz CT molecular complexity index is 1500. The fraction of sp³-hybridized carbons (Fsp3) is 0.129. The van der Waals surface area contributed by atoms with E-state index in [4.69, 9.17) is 4.74 Å². The number of esters is 1. The highest BCUT2D eigenvalue weighted by Gasteiger charge is 2.52. The van der Waals surface area contributed by atoms with Crippen molar-refractivity contribution in [1.82, 2.24) is 4.57 Å². The van der Waals surface area contributed by atoms with Crippen LogP contribution in [0.4, 0.5) is 5.69 Å². The highest BCUT2D eigenvalue weighted by molar-refractivity contribution is 9.10. The molecule has 4 aromatic carbocycles. The maximum atomic E-state index is 14.3. The van der Waals surface area contributed by atoms with Crippen LogP contribution in [0.3, 0.4) is 0 Å². The van der Waals surface area contributed by atoms with Crippen LogP contribution in [0.2, 0.25) is 0 Å². The zero-order valence-corrected chi connectivity index (χ0v) is 21.8. The van der Waals surface area contributed by atoms with Crippen molar-refractivity contribution in [2.45, 2.75) is 11.5 Å². The van der Waals surface area contributed by atoms with Crippen LogP contribution in [-0.4, -0.2) is 17.6 Å². The SMILES string of the molecule is COC(=O)C(c1ccccc1)(c1cn(C)c2ccccc12)C(Nc1ccccc1)c1cccc(Br)c1. The summed E-state index contributed by atoms with van der Waals surface area (Å²) in [5, 5.41) is 4.72. The van der Waals surface area contributed by atoms with Gasteiger partial charge in [0.15, 0.2) is 0 Å². The molecular weight excluding hydrogens is 512 g/mol. The number of benzene rings is 4. The summed E-state index contributed by atoms with van der Waals surface area (Å²) < 4.78 is 8.66. The lowest BCUT2D eigenvalue weighted by Gasteiger charge is -2.40. The first-order valence-corrected chi connectivity index (χ1v) is 12.6. The summed E-state index contributed by atoms with van der Waals surface area (Å²) in [5.74, 6) is -0.335. The minimum atomic E-state index is -1.20. The van der Waals surface area contributed by atoms with Gasteiger partial charge < -0.3 is 14.6 Å². The zero-order valence-electron chi connectivity index (χ0n) is 20.2. The number of nitrogens with one attached hydrogen (secondary N) is 1. The van der Waals surface area contributed by atoms with E-state index in [1.807, 2.05) is 92.0 Å². The molecule has 0 aliphatic rings. The summed E-state index contributed by atoms with van der Waals surface area (Å²) in [6, 6.07) is 35.7. The molecule has 0 aliphatic carbocycles. The summed E-state index contributed by atoms with van der Waals surface area (Å²) in [5.41, 5.74) is 3.44. The Morgan fingerprint density at radius 3 is 2.25 bits per heavy atom. The standard InChI is InChI=1S/C31H27BrN2O2/c1-34-21-27(26-18-9-10-19-28(26)34)31(30(35)36-2,23-13-5-3-6-14-23)29(22-12-11-15-24(32)20-22)33-25-16-7-4-8-17-25/h3-21,29,33H,1-2H3. The monoisotopic (exact) mass is 538 g/mol. The van der Waals surface area contributed by atoms with E-state index in [0.717, 1.165) is 37.8 Å². The number of para-hydroxylation sites is 2. The number of carbonyl (C=O) groups excluding carboxylic acids is 1. The lowest BCUT2D eigenvalue weighted by atomic mass is 9.66. The number of hydrogen-bond acceptors (Lipinski definition) is 3.